The van der Waals surface area contributed by atoms with Crippen LogP contribution in [0, 0.1) is 0 Å². The first kappa shape index (κ1) is 12.4. The quantitative estimate of drug-likeness (QED) is 0.889. The summed E-state index contributed by atoms with van der Waals surface area (Å²) < 4.78 is 31.3. The van der Waals surface area contributed by atoms with Crippen LogP contribution >= 0.6 is 11.6 Å². The van der Waals surface area contributed by atoms with Gasteiger partial charge in [0.05, 0.1) is 6.20 Å². The molecule has 2 rings (SSSR count). The molecule has 17 heavy (non-hydrogen) atoms. The lowest BCUT2D eigenvalue weighted by Crippen LogP contribution is -2.31. The molecule has 1 N–H and O–H groups in total. The number of nitrogens with zero attached hydrogens (tertiary/aromatic N) is 1. The average Bonchev–Trinajstić information content (AvgIpc) is 2.25. The van der Waals surface area contributed by atoms with Gasteiger partial charge in [-0.05, 0) is 12.8 Å². The van der Waals surface area contributed by atoms with Gasteiger partial charge in [0.25, 0.3) is 0 Å². The Labute approximate surface area is 102 Å². The Bertz CT molecular complexity index is 404. The maximum absolute atomic E-state index is 12.9. The molecule has 94 valence electrons. The molecule has 1 fully saturated rings. The summed E-state index contributed by atoms with van der Waals surface area (Å²) in [5.74, 6) is -2.45. The highest BCUT2D eigenvalue weighted by molar-refractivity contribution is 6.31. The van der Waals surface area contributed by atoms with Crippen LogP contribution in [0.15, 0.2) is 12.3 Å². The number of ether oxygens (including phenoxy) is 1. The molecule has 1 aromatic rings. The van der Waals surface area contributed by atoms with Gasteiger partial charge in [0.2, 0.25) is 11.8 Å². The molecular weight excluding hydrogens is 252 g/mol. The molecule has 0 unspecified atom stereocenters. The van der Waals surface area contributed by atoms with Crippen LogP contribution in [0.25, 0.3) is 0 Å². The molecule has 0 radical (unpaired) electrons. The minimum absolute atomic E-state index is 0.0578. The van der Waals surface area contributed by atoms with E-state index in [1.54, 1.807) is 0 Å². The molecule has 0 spiro atoms. The zero-order chi connectivity index (χ0) is 12.5. The molecule has 0 amide bonds. The summed E-state index contributed by atoms with van der Waals surface area (Å²) in [6.45, 7) is 0. The van der Waals surface area contributed by atoms with Gasteiger partial charge in [-0.25, -0.2) is 13.8 Å². The van der Waals surface area contributed by atoms with E-state index in [0.29, 0.717) is 0 Å². The van der Waals surface area contributed by atoms with Crippen LogP contribution in [0.4, 0.5) is 8.78 Å². The zero-order valence-corrected chi connectivity index (χ0v) is 9.75. The predicted octanol–water partition coefficient (Wildman–Crippen LogP) is 3.40. The van der Waals surface area contributed by atoms with Crippen LogP contribution in [-0.2, 0) is 0 Å². The van der Waals surface area contributed by atoms with Crippen LogP contribution in [0.2, 0.25) is 5.02 Å². The highest BCUT2D eigenvalue weighted by atomic mass is 35.5. The summed E-state index contributed by atoms with van der Waals surface area (Å²) in [7, 11) is 0. The first-order valence-corrected chi connectivity index (χ1v) is 5.73. The van der Waals surface area contributed by atoms with Gasteiger partial charge in [-0.3, -0.25) is 0 Å². The molecule has 1 aliphatic carbocycles. The molecule has 0 atom stereocenters. The second kappa shape index (κ2) is 4.64. The van der Waals surface area contributed by atoms with E-state index in [4.69, 9.17) is 21.4 Å². The van der Waals surface area contributed by atoms with Gasteiger partial charge in [-0.15, -0.1) is 0 Å². The molecule has 0 bridgehead atoms. The lowest BCUT2D eigenvalue weighted by atomic mass is 9.94. The summed E-state index contributed by atoms with van der Waals surface area (Å²) in [6, 6.07) is 1.31. The largest absolute Gasteiger partial charge is 0.506 e. The van der Waals surface area contributed by atoms with E-state index in [-0.39, 0.29) is 48.4 Å². The number of hydrogen-bond donors (Lipinski definition) is 1. The van der Waals surface area contributed by atoms with E-state index < -0.39 is 5.92 Å². The number of pyridine rings is 1. The number of hydrogen-bond acceptors (Lipinski definition) is 3. The van der Waals surface area contributed by atoms with Crippen molar-refractivity contribution in [3.63, 3.8) is 0 Å². The van der Waals surface area contributed by atoms with Crippen molar-refractivity contribution in [3.05, 3.63) is 17.3 Å². The number of aromatic hydroxyl groups is 1. The average molecular weight is 264 g/mol. The SMILES string of the molecule is Oc1cnc(OC2CCC(F)(F)CC2)c(Cl)c1. The van der Waals surface area contributed by atoms with E-state index in [1.165, 1.54) is 12.3 Å². The topological polar surface area (TPSA) is 42.4 Å². The molecule has 0 saturated heterocycles. The molecule has 3 nitrogen and oxygen atoms in total. The molecule has 1 saturated carbocycles. The van der Waals surface area contributed by atoms with E-state index >= 15 is 0 Å². The first-order valence-electron chi connectivity index (χ1n) is 5.35. The Balaban J connectivity index is 1.98. The van der Waals surface area contributed by atoms with Crippen molar-refractivity contribution >= 4 is 11.6 Å². The summed E-state index contributed by atoms with van der Waals surface area (Å²) in [5, 5.41) is 9.29. The van der Waals surface area contributed by atoms with Gasteiger partial charge in [0, 0.05) is 18.9 Å². The maximum Gasteiger partial charge on any atom is 0.248 e. The molecular formula is C11H12ClF2NO2. The fourth-order valence-corrected chi connectivity index (χ4v) is 2.00. The minimum Gasteiger partial charge on any atom is -0.506 e. The Morgan fingerprint density at radius 3 is 2.65 bits per heavy atom. The summed E-state index contributed by atoms with van der Waals surface area (Å²) >= 11 is 5.81. The fourth-order valence-electron chi connectivity index (χ4n) is 1.79. The third-order valence-corrected chi connectivity index (χ3v) is 3.01. The van der Waals surface area contributed by atoms with Gasteiger partial charge < -0.3 is 9.84 Å². The maximum atomic E-state index is 12.9. The number of halogens is 3. The van der Waals surface area contributed by atoms with E-state index in [9.17, 15) is 8.78 Å². The molecule has 0 aliphatic heterocycles. The standard InChI is InChI=1S/C11H12ClF2NO2/c12-9-5-7(16)6-15-10(9)17-8-1-3-11(13,14)4-2-8/h5-6,8,16H,1-4H2. The van der Waals surface area contributed by atoms with Crippen molar-refractivity contribution in [1.82, 2.24) is 4.98 Å². The fraction of sp³-hybridized carbons (Fsp3) is 0.545. The van der Waals surface area contributed by atoms with Crippen molar-refractivity contribution in [2.45, 2.75) is 37.7 Å². The minimum atomic E-state index is -2.58. The van der Waals surface area contributed by atoms with Crippen LogP contribution in [0.1, 0.15) is 25.7 Å². The van der Waals surface area contributed by atoms with Crippen molar-refractivity contribution in [3.8, 4) is 11.6 Å². The summed E-state index contributed by atoms with van der Waals surface area (Å²) in [4.78, 5) is 3.82. The van der Waals surface area contributed by atoms with Gasteiger partial charge in [-0.2, -0.15) is 0 Å². The number of rotatable bonds is 2. The molecule has 6 heteroatoms. The van der Waals surface area contributed by atoms with E-state index in [0.717, 1.165) is 0 Å². The molecule has 1 heterocycles. The van der Waals surface area contributed by atoms with Gasteiger partial charge >= 0.3 is 0 Å². The van der Waals surface area contributed by atoms with Crippen molar-refractivity contribution in [1.29, 1.82) is 0 Å². The van der Waals surface area contributed by atoms with E-state index in [2.05, 4.69) is 4.98 Å². The highest BCUT2D eigenvalue weighted by Gasteiger charge is 2.36. The van der Waals surface area contributed by atoms with Crippen LogP contribution in [0.3, 0.4) is 0 Å². The number of aromatic nitrogens is 1. The Kier molecular flexibility index (Phi) is 3.38. The summed E-state index contributed by atoms with van der Waals surface area (Å²) in [5.41, 5.74) is 0. The second-order valence-corrected chi connectivity index (χ2v) is 4.56. The second-order valence-electron chi connectivity index (χ2n) is 4.15. The highest BCUT2D eigenvalue weighted by Crippen LogP contribution is 2.35. The Hall–Kier alpha value is -1.10. The Morgan fingerprint density at radius 2 is 2.06 bits per heavy atom. The monoisotopic (exact) mass is 263 g/mol. The van der Waals surface area contributed by atoms with Crippen LogP contribution in [-0.4, -0.2) is 22.1 Å². The first-order chi connectivity index (χ1) is 7.96. The van der Waals surface area contributed by atoms with Crippen molar-refractivity contribution < 1.29 is 18.6 Å². The van der Waals surface area contributed by atoms with Crippen molar-refractivity contribution in [2.75, 3.05) is 0 Å². The predicted molar refractivity (Wildman–Crippen MR) is 58.7 cm³/mol. The Morgan fingerprint density at radius 1 is 1.41 bits per heavy atom. The smallest absolute Gasteiger partial charge is 0.248 e. The van der Waals surface area contributed by atoms with Gasteiger partial charge in [0.1, 0.15) is 16.9 Å². The van der Waals surface area contributed by atoms with Crippen LogP contribution in [0.5, 0.6) is 11.6 Å². The van der Waals surface area contributed by atoms with E-state index in [1.807, 2.05) is 0 Å². The molecule has 1 aliphatic rings. The third kappa shape index (κ3) is 3.19. The van der Waals surface area contributed by atoms with Gasteiger partial charge in [0.15, 0.2) is 0 Å². The van der Waals surface area contributed by atoms with Crippen LogP contribution < -0.4 is 4.74 Å². The lowest BCUT2D eigenvalue weighted by Gasteiger charge is -2.28. The third-order valence-electron chi connectivity index (χ3n) is 2.74. The lowest BCUT2D eigenvalue weighted by molar-refractivity contribution is -0.0588. The molecule has 1 aromatic heterocycles. The van der Waals surface area contributed by atoms with Crippen molar-refractivity contribution in [2.24, 2.45) is 0 Å². The normalized spacial score (nSPS) is 20.2. The molecule has 0 aromatic carbocycles. The number of alkyl halides is 2. The zero-order valence-electron chi connectivity index (χ0n) is 9.00. The van der Waals surface area contributed by atoms with Gasteiger partial charge in [-0.1, -0.05) is 11.6 Å². The summed E-state index contributed by atoms with van der Waals surface area (Å²) in [6.07, 6.45) is 1.14.